The van der Waals surface area contributed by atoms with Crippen molar-refractivity contribution in [2.24, 2.45) is 0 Å². The molecule has 0 aliphatic carbocycles. The van der Waals surface area contributed by atoms with Crippen molar-refractivity contribution in [3.63, 3.8) is 0 Å². The third kappa shape index (κ3) is 4.56. The van der Waals surface area contributed by atoms with E-state index in [1.807, 2.05) is 0 Å². The van der Waals surface area contributed by atoms with E-state index in [1.54, 1.807) is 24.3 Å². The monoisotopic (exact) mass is 411 g/mol. The van der Waals surface area contributed by atoms with Crippen LogP contribution in [0.3, 0.4) is 0 Å². The molecular weight excluding hydrogens is 394 g/mol. The molecule has 0 amide bonds. The maximum atomic E-state index is 14.2. The summed E-state index contributed by atoms with van der Waals surface area (Å²) >= 11 is 0. The lowest BCUT2D eigenvalue weighted by Crippen LogP contribution is -2.21. The van der Waals surface area contributed by atoms with Crippen molar-refractivity contribution in [3.05, 3.63) is 70.4 Å². The van der Waals surface area contributed by atoms with Gasteiger partial charge in [-0.15, -0.1) is 0 Å². The van der Waals surface area contributed by atoms with Crippen LogP contribution in [0.5, 0.6) is 5.75 Å². The Hall–Kier alpha value is -3.36. The van der Waals surface area contributed by atoms with Crippen LogP contribution in [0, 0.1) is 30.2 Å². The van der Waals surface area contributed by atoms with Gasteiger partial charge in [-0.05, 0) is 38.1 Å². The zero-order valence-electron chi connectivity index (χ0n) is 15.7. The number of ketones is 1. The Bertz CT molecular complexity index is 942. The molecule has 0 bridgehead atoms. The number of esters is 1. The molecule has 1 N–H and O–H groups in total. The number of benzene rings is 2. The summed E-state index contributed by atoms with van der Waals surface area (Å²) in [5.41, 5.74) is -2.17. The van der Waals surface area contributed by atoms with E-state index in [2.05, 4.69) is 5.32 Å². The molecule has 0 atom stereocenters. The Kier molecular flexibility index (Phi) is 6.98. The SMILES string of the molecule is CCOC(=O)/C(=C\Nc1ccc(OC)cc1)C(=O)c1c(C)c(F)c(F)c(F)c1F. The fourth-order valence-electron chi connectivity index (χ4n) is 2.41. The first-order valence-corrected chi connectivity index (χ1v) is 8.38. The number of methoxy groups -OCH3 is 1. The van der Waals surface area contributed by atoms with Gasteiger partial charge in [0.05, 0.1) is 19.3 Å². The van der Waals surface area contributed by atoms with E-state index in [4.69, 9.17) is 9.47 Å². The smallest absolute Gasteiger partial charge is 0.343 e. The molecule has 0 aromatic heterocycles. The van der Waals surface area contributed by atoms with E-state index in [0.717, 1.165) is 13.1 Å². The number of hydrogen-bond donors (Lipinski definition) is 1. The molecule has 0 radical (unpaired) electrons. The fourth-order valence-corrected chi connectivity index (χ4v) is 2.41. The van der Waals surface area contributed by atoms with Crippen LogP contribution in [-0.4, -0.2) is 25.5 Å². The standard InChI is InChI=1S/C20H17F4NO4/c1-4-29-20(27)13(9-25-11-5-7-12(28-3)8-6-11)19(26)14-10(2)15(21)17(23)18(24)16(14)22/h5-9,25H,4H2,1-3H3/b13-9-. The third-order valence-electron chi connectivity index (χ3n) is 3.94. The minimum Gasteiger partial charge on any atom is -0.497 e. The molecule has 0 aliphatic rings. The van der Waals surface area contributed by atoms with Crippen LogP contribution < -0.4 is 10.1 Å². The predicted octanol–water partition coefficient (Wildman–Crippen LogP) is 4.30. The van der Waals surface area contributed by atoms with Crippen LogP contribution in [0.1, 0.15) is 22.8 Å². The molecule has 2 rings (SSSR count). The molecule has 0 saturated heterocycles. The molecule has 0 heterocycles. The molecule has 2 aromatic carbocycles. The van der Waals surface area contributed by atoms with Gasteiger partial charge in [0, 0.05) is 17.5 Å². The van der Waals surface area contributed by atoms with Gasteiger partial charge in [0.15, 0.2) is 23.3 Å². The topological polar surface area (TPSA) is 64.6 Å². The van der Waals surface area contributed by atoms with Crippen molar-refractivity contribution >= 4 is 17.4 Å². The second-order valence-electron chi connectivity index (χ2n) is 5.74. The van der Waals surface area contributed by atoms with E-state index in [-0.39, 0.29) is 6.61 Å². The summed E-state index contributed by atoms with van der Waals surface area (Å²) in [5, 5.41) is 2.64. The number of nitrogens with one attached hydrogen (secondary N) is 1. The van der Waals surface area contributed by atoms with E-state index >= 15 is 0 Å². The molecule has 0 spiro atoms. The number of ether oxygens (including phenoxy) is 2. The zero-order valence-corrected chi connectivity index (χ0v) is 15.7. The van der Waals surface area contributed by atoms with Gasteiger partial charge in [-0.25, -0.2) is 22.4 Å². The summed E-state index contributed by atoms with van der Waals surface area (Å²) in [4.78, 5) is 24.9. The minimum absolute atomic E-state index is 0.112. The number of anilines is 1. The number of hydrogen-bond acceptors (Lipinski definition) is 5. The summed E-state index contributed by atoms with van der Waals surface area (Å²) in [6.07, 6.45) is 0.917. The second kappa shape index (κ2) is 9.22. The highest BCUT2D eigenvalue weighted by atomic mass is 19.2. The maximum Gasteiger partial charge on any atom is 0.343 e. The van der Waals surface area contributed by atoms with E-state index in [9.17, 15) is 27.2 Å². The quantitative estimate of drug-likeness (QED) is 0.108. The van der Waals surface area contributed by atoms with Crippen molar-refractivity contribution in [3.8, 4) is 5.75 Å². The Balaban J connectivity index is 2.50. The predicted molar refractivity (Wildman–Crippen MR) is 96.7 cm³/mol. The average Bonchev–Trinajstić information content (AvgIpc) is 2.71. The third-order valence-corrected chi connectivity index (χ3v) is 3.94. The maximum absolute atomic E-state index is 14.2. The second-order valence-corrected chi connectivity index (χ2v) is 5.74. The molecule has 29 heavy (non-hydrogen) atoms. The van der Waals surface area contributed by atoms with Gasteiger partial charge in [-0.2, -0.15) is 0 Å². The highest BCUT2D eigenvalue weighted by Crippen LogP contribution is 2.26. The van der Waals surface area contributed by atoms with Gasteiger partial charge >= 0.3 is 5.97 Å². The first-order valence-electron chi connectivity index (χ1n) is 8.38. The molecule has 9 heteroatoms. The summed E-state index contributed by atoms with van der Waals surface area (Å²) in [6.45, 7) is 2.26. The molecule has 0 saturated carbocycles. The summed E-state index contributed by atoms with van der Waals surface area (Å²) in [7, 11) is 1.47. The van der Waals surface area contributed by atoms with Crippen molar-refractivity contribution in [2.75, 3.05) is 19.0 Å². The fraction of sp³-hybridized carbons (Fsp3) is 0.200. The van der Waals surface area contributed by atoms with Crippen molar-refractivity contribution in [2.45, 2.75) is 13.8 Å². The Morgan fingerprint density at radius 2 is 1.59 bits per heavy atom. The summed E-state index contributed by atoms with van der Waals surface area (Å²) in [6, 6.07) is 6.31. The van der Waals surface area contributed by atoms with Crippen molar-refractivity contribution in [1.29, 1.82) is 0 Å². The van der Waals surface area contributed by atoms with Crippen LogP contribution >= 0.6 is 0 Å². The van der Waals surface area contributed by atoms with Crippen LogP contribution in [0.25, 0.3) is 0 Å². The lowest BCUT2D eigenvalue weighted by Gasteiger charge is -2.12. The van der Waals surface area contributed by atoms with Gasteiger partial charge in [0.1, 0.15) is 11.3 Å². The van der Waals surface area contributed by atoms with Gasteiger partial charge in [-0.1, -0.05) is 0 Å². The summed E-state index contributed by atoms with van der Waals surface area (Å²) in [5.74, 6) is -9.78. The Morgan fingerprint density at radius 1 is 1.00 bits per heavy atom. The van der Waals surface area contributed by atoms with Crippen molar-refractivity contribution < 1.29 is 36.6 Å². The largest absolute Gasteiger partial charge is 0.497 e. The van der Waals surface area contributed by atoms with Gasteiger partial charge < -0.3 is 14.8 Å². The molecule has 0 unspecified atom stereocenters. The first kappa shape index (κ1) is 21.9. The summed E-state index contributed by atoms with van der Waals surface area (Å²) < 4.78 is 64.8. The number of halogens is 4. The van der Waals surface area contributed by atoms with Crippen LogP contribution in [0.2, 0.25) is 0 Å². The molecule has 2 aromatic rings. The lowest BCUT2D eigenvalue weighted by molar-refractivity contribution is -0.138. The highest BCUT2D eigenvalue weighted by Gasteiger charge is 2.31. The van der Waals surface area contributed by atoms with Crippen molar-refractivity contribution in [1.82, 2.24) is 0 Å². The van der Waals surface area contributed by atoms with Gasteiger partial charge in [0.2, 0.25) is 5.78 Å². The Morgan fingerprint density at radius 3 is 2.14 bits per heavy atom. The van der Waals surface area contributed by atoms with Gasteiger partial charge in [0.25, 0.3) is 0 Å². The Labute approximate surface area is 163 Å². The molecular formula is C20H17F4NO4. The number of carbonyl (C=O) groups excluding carboxylic acids is 2. The van der Waals surface area contributed by atoms with Gasteiger partial charge in [-0.3, -0.25) is 4.79 Å². The molecule has 0 fully saturated rings. The highest BCUT2D eigenvalue weighted by molar-refractivity contribution is 6.24. The van der Waals surface area contributed by atoms with Crippen LogP contribution in [0.4, 0.5) is 23.2 Å². The molecule has 5 nitrogen and oxygen atoms in total. The van der Waals surface area contributed by atoms with E-state index in [0.29, 0.717) is 11.4 Å². The normalized spacial score (nSPS) is 11.2. The number of rotatable bonds is 7. The minimum atomic E-state index is -2.15. The van der Waals surface area contributed by atoms with Crippen LogP contribution in [-0.2, 0) is 9.53 Å². The van der Waals surface area contributed by atoms with E-state index in [1.165, 1.54) is 14.0 Å². The molecule has 0 aliphatic heterocycles. The zero-order chi connectivity index (χ0) is 21.7. The van der Waals surface area contributed by atoms with Crippen LogP contribution in [0.15, 0.2) is 36.0 Å². The average molecular weight is 411 g/mol. The lowest BCUT2D eigenvalue weighted by atomic mass is 9.97. The van der Waals surface area contributed by atoms with E-state index < -0.39 is 51.7 Å². The number of carbonyl (C=O) groups is 2. The number of Topliss-reactive ketones (excluding diaryl/α,β-unsaturated/α-hetero) is 1. The molecule has 154 valence electrons. The first-order chi connectivity index (χ1) is 13.7.